The molecule has 6 rings (SSSR count). The van der Waals surface area contributed by atoms with Gasteiger partial charge in [-0.2, -0.15) is 10.1 Å². The molecule has 1 amide bonds. The zero-order valence-corrected chi connectivity index (χ0v) is 26.9. The monoisotopic (exact) mass is 632 g/mol. The number of carbonyl (C=O) groups is 2. The number of aliphatic carboxylic acids is 1. The third kappa shape index (κ3) is 6.95. The zero-order valence-electron chi connectivity index (χ0n) is 26.9. The van der Waals surface area contributed by atoms with Gasteiger partial charge in [-0.15, -0.1) is 0 Å². The first-order valence-electron chi connectivity index (χ1n) is 16.0. The molecule has 0 saturated carbocycles. The van der Waals surface area contributed by atoms with Crippen LogP contribution in [-0.2, 0) is 9.59 Å². The first kappa shape index (κ1) is 31.8. The Morgan fingerprint density at radius 1 is 0.646 bits per heavy atom. The van der Waals surface area contributed by atoms with Crippen LogP contribution in [0.5, 0.6) is 0 Å². The number of anilines is 5. The Labute approximate surface area is 281 Å². The van der Waals surface area contributed by atoms with Crippen molar-refractivity contribution in [1.82, 2.24) is 0 Å². The standard InChI is InChI=1S/C41H36N4O3/c1-3-43(4-2)33-23-17-30(18-24-33)15-16-31-19-25-35(26-20-31)44(34-11-7-5-8-12-34)36-27-21-32(22-28-36)29-38-39(41(47)48)42-45(40(38)46)37-13-9-6-10-14-37/h5-29H,3-4H2,1-2H3,(H,47,48)/b16-15+,38-29-. The van der Waals surface area contributed by atoms with Gasteiger partial charge in [0.2, 0.25) is 0 Å². The lowest BCUT2D eigenvalue weighted by Crippen LogP contribution is -2.22. The molecular formula is C41H36N4O3. The van der Waals surface area contributed by atoms with E-state index in [9.17, 15) is 14.7 Å². The van der Waals surface area contributed by atoms with Gasteiger partial charge in [0.1, 0.15) is 0 Å². The molecule has 1 N–H and O–H groups in total. The van der Waals surface area contributed by atoms with E-state index in [0.717, 1.165) is 46.3 Å². The van der Waals surface area contributed by atoms with Crippen LogP contribution in [0.15, 0.2) is 144 Å². The SMILES string of the molecule is CCN(CC)c1ccc(/C=C/c2ccc(N(c3ccccc3)c3ccc(/C=C4\C(=O)N(c5ccccc5)N=C4C(=O)O)cc3)cc2)cc1. The summed E-state index contributed by atoms with van der Waals surface area (Å²) in [6.45, 7) is 6.30. The van der Waals surface area contributed by atoms with Gasteiger partial charge in [-0.25, -0.2) is 4.79 Å². The topological polar surface area (TPSA) is 76.5 Å². The normalized spacial score (nSPS) is 13.6. The molecule has 7 nitrogen and oxygen atoms in total. The van der Waals surface area contributed by atoms with Gasteiger partial charge in [0.25, 0.3) is 5.91 Å². The highest BCUT2D eigenvalue weighted by Gasteiger charge is 2.35. The molecule has 1 heterocycles. The summed E-state index contributed by atoms with van der Waals surface area (Å²) in [6.07, 6.45) is 5.81. The molecule has 238 valence electrons. The van der Waals surface area contributed by atoms with Gasteiger partial charge in [0.05, 0.1) is 11.3 Å². The highest BCUT2D eigenvalue weighted by atomic mass is 16.4. The Hall–Kier alpha value is -6.21. The van der Waals surface area contributed by atoms with Gasteiger partial charge < -0.3 is 14.9 Å². The highest BCUT2D eigenvalue weighted by Crippen LogP contribution is 2.35. The van der Waals surface area contributed by atoms with Crippen LogP contribution in [0.1, 0.15) is 30.5 Å². The summed E-state index contributed by atoms with van der Waals surface area (Å²) in [5.74, 6) is -1.74. The smallest absolute Gasteiger partial charge is 0.357 e. The quantitative estimate of drug-likeness (QED) is 0.116. The number of benzene rings is 5. The lowest BCUT2D eigenvalue weighted by molar-refractivity contribution is -0.129. The van der Waals surface area contributed by atoms with Crippen molar-refractivity contribution in [1.29, 1.82) is 0 Å². The summed E-state index contributed by atoms with van der Waals surface area (Å²) in [7, 11) is 0. The predicted octanol–water partition coefficient (Wildman–Crippen LogP) is 9.04. The predicted molar refractivity (Wildman–Crippen MR) is 197 cm³/mol. The van der Waals surface area contributed by atoms with Crippen LogP contribution in [0.2, 0.25) is 0 Å². The molecule has 0 fully saturated rings. The minimum Gasteiger partial charge on any atom is -0.476 e. The van der Waals surface area contributed by atoms with Crippen LogP contribution in [0.3, 0.4) is 0 Å². The summed E-state index contributed by atoms with van der Waals surface area (Å²) in [4.78, 5) is 29.7. The Morgan fingerprint density at radius 2 is 1.10 bits per heavy atom. The third-order valence-electron chi connectivity index (χ3n) is 8.20. The van der Waals surface area contributed by atoms with Gasteiger partial charge in [0, 0.05) is 35.8 Å². The Kier molecular flexibility index (Phi) is 9.58. The molecule has 0 unspecified atom stereocenters. The van der Waals surface area contributed by atoms with Crippen LogP contribution in [0, 0.1) is 0 Å². The van der Waals surface area contributed by atoms with Gasteiger partial charge in [-0.1, -0.05) is 84.9 Å². The summed E-state index contributed by atoms with van der Waals surface area (Å²) in [5, 5.41) is 15.0. The van der Waals surface area contributed by atoms with Crippen molar-refractivity contribution in [2.75, 3.05) is 27.9 Å². The molecule has 0 atom stereocenters. The van der Waals surface area contributed by atoms with E-state index >= 15 is 0 Å². The molecule has 1 aliphatic heterocycles. The molecular weight excluding hydrogens is 596 g/mol. The van der Waals surface area contributed by atoms with E-state index in [1.807, 2.05) is 48.5 Å². The molecule has 7 heteroatoms. The minimum absolute atomic E-state index is 0.0301. The Balaban J connectivity index is 1.24. The zero-order chi connectivity index (χ0) is 33.5. The number of hydrogen-bond donors (Lipinski definition) is 1. The second-order valence-corrected chi connectivity index (χ2v) is 11.2. The van der Waals surface area contributed by atoms with Crippen molar-refractivity contribution in [3.05, 3.63) is 156 Å². The minimum atomic E-state index is -1.26. The van der Waals surface area contributed by atoms with Crippen LogP contribution in [-0.4, -0.2) is 35.8 Å². The summed E-state index contributed by atoms with van der Waals surface area (Å²) >= 11 is 0. The molecule has 0 aliphatic carbocycles. The number of hydrogen-bond acceptors (Lipinski definition) is 5. The van der Waals surface area contributed by atoms with Crippen LogP contribution < -0.4 is 14.8 Å². The number of nitrogens with zero attached hydrogens (tertiary/aromatic N) is 4. The second-order valence-electron chi connectivity index (χ2n) is 11.2. The molecule has 5 aromatic rings. The van der Waals surface area contributed by atoms with E-state index < -0.39 is 11.9 Å². The highest BCUT2D eigenvalue weighted by molar-refractivity contribution is 6.53. The number of rotatable bonds is 11. The molecule has 0 bridgehead atoms. The fraction of sp³-hybridized carbons (Fsp3) is 0.0976. The first-order chi connectivity index (χ1) is 23.4. The van der Waals surface area contributed by atoms with E-state index in [-0.39, 0.29) is 11.3 Å². The maximum Gasteiger partial charge on any atom is 0.357 e. The van der Waals surface area contributed by atoms with Crippen molar-refractivity contribution in [2.24, 2.45) is 5.10 Å². The number of para-hydroxylation sites is 2. The van der Waals surface area contributed by atoms with E-state index in [0.29, 0.717) is 11.3 Å². The van der Waals surface area contributed by atoms with Crippen LogP contribution in [0.4, 0.5) is 28.4 Å². The fourth-order valence-corrected chi connectivity index (χ4v) is 5.67. The van der Waals surface area contributed by atoms with Crippen molar-refractivity contribution < 1.29 is 14.7 Å². The second kappa shape index (κ2) is 14.5. The number of hydrazone groups is 1. The summed E-state index contributed by atoms with van der Waals surface area (Å²) in [5.41, 5.74) is 7.28. The van der Waals surface area contributed by atoms with E-state index in [2.05, 4.69) is 102 Å². The molecule has 0 aromatic heterocycles. The van der Waals surface area contributed by atoms with E-state index in [1.165, 1.54) is 5.69 Å². The van der Waals surface area contributed by atoms with Gasteiger partial charge in [-0.3, -0.25) is 4.79 Å². The largest absolute Gasteiger partial charge is 0.476 e. The molecule has 0 saturated heterocycles. The van der Waals surface area contributed by atoms with Crippen molar-refractivity contribution in [2.45, 2.75) is 13.8 Å². The van der Waals surface area contributed by atoms with Crippen molar-refractivity contribution in [3.8, 4) is 0 Å². The maximum atomic E-state index is 13.3. The van der Waals surface area contributed by atoms with E-state index in [4.69, 9.17) is 0 Å². The maximum absolute atomic E-state index is 13.3. The number of carbonyl (C=O) groups excluding carboxylic acids is 1. The average Bonchev–Trinajstić information content (AvgIpc) is 3.46. The first-order valence-corrected chi connectivity index (χ1v) is 16.0. The Morgan fingerprint density at radius 3 is 1.60 bits per heavy atom. The third-order valence-corrected chi connectivity index (χ3v) is 8.20. The number of carboxylic acids is 1. The number of carboxylic acid groups (broad SMARTS) is 1. The molecule has 1 aliphatic rings. The van der Waals surface area contributed by atoms with E-state index in [1.54, 1.807) is 30.3 Å². The summed E-state index contributed by atoms with van der Waals surface area (Å²) in [6, 6.07) is 43.6. The van der Waals surface area contributed by atoms with Crippen LogP contribution in [0.25, 0.3) is 18.2 Å². The average molecular weight is 633 g/mol. The molecule has 5 aromatic carbocycles. The van der Waals surface area contributed by atoms with Crippen LogP contribution >= 0.6 is 0 Å². The molecule has 48 heavy (non-hydrogen) atoms. The molecule has 0 radical (unpaired) electrons. The van der Waals surface area contributed by atoms with Crippen molar-refractivity contribution in [3.63, 3.8) is 0 Å². The molecule has 0 spiro atoms. The fourth-order valence-electron chi connectivity index (χ4n) is 5.67. The Bertz CT molecular complexity index is 1960. The van der Waals surface area contributed by atoms with Gasteiger partial charge >= 0.3 is 5.97 Å². The lowest BCUT2D eigenvalue weighted by atomic mass is 10.1. The number of amides is 1. The van der Waals surface area contributed by atoms with Crippen molar-refractivity contribution >= 4 is 64.3 Å². The lowest BCUT2D eigenvalue weighted by Gasteiger charge is -2.25. The van der Waals surface area contributed by atoms with Gasteiger partial charge in [-0.05, 0) is 97.3 Å². The summed E-state index contributed by atoms with van der Waals surface area (Å²) < 4.78 is 0. The van der Waals surface area contributed by atoms with Gasteiger partial charge in [0.15, 0.2) is 5.71 Å².